The summed E-state index contributed by atoms with van der Waals surface area (Å²) >= 11 is 0. The van der Waals surface area contributed by atoms with E-state index in [2.05, 4.69) is 9.88 Å². The SMILES string of the molecule is CN(C)CCOCCOCCOc1ccc2nccc(C(=O)O)c2c1. The number of hydrogen-bond donors (Lipinski definition) is 1. The molecule has 2 aromatic rings. The van der Waals surface area contributed by atoms with Crippen molar-refractivity contribution in [3.05, 3.63) is 36.0 Å². The molecule has 2 rings (SSSR count). The molecule has 0 aliphatic rings. The summed E-state index contributed by atoms with van der Waals surface area (Å²) in [4.78, 5) is 17.5. The van der Waals surface area contributed by atoms with E-state index < -0.39 is 5.97 Å². The van der Waals surface area contributed by atoms with Gasteiger partial charge in [-0.05, 0) is 38.4 Å². The van der Waals surface area contributed by atoms with Gasteiger partial charge in [0.2, 0.25) is 0 Å². The van der Waals surface area contributed by atoms with Gasteiger partial charge in [0.25, 0.3) is 0 Å². The van der Waals surface area contributed by atoms with Crippen LogP contribution in [-0.2, 0) is 9.47 Å². The molecule has 1 aromatic heterocycles. The van der Waals surface area contributed by atoms with Crippen LogP contribution >= 0.6 is 0 Å². The summed E-state index contributed by atoms with van der Waals surface area (Å²) in [6.45, 7) is 3.46. The van der Waals surface area contributed by atoms with E-state index in [-0.39, 0.29) is 5.56 Å². The van der Waals surface area contributed by atoms with Crippen LogP contribution in [-0.4, -0.2) is 74.6 Å². The fourth-order valence-electron chi connectivity index (χ4n) is 2.19. The fourth-order valence-corrected chi connectivity index (χ4v) is 2.19. The molecule has 0 bridgehead atoms. The molecule has 25 heavy (non-hydrogen) atoms. The monoisotopic (exact) mass is 348 g/mol. The fraction of sp³-hybridized carbons (Fsp3) is 0.444. The van der Waals surface area contributed by atoms with Gasteiger partial charge < -0.3 is 24.2 Å². The normalized spacial score (nSPS) is 11.2. The molecular weight excluding hydrogens is 324 g/mol. The number of carboxylic acid groups (broad SMARTS) is 1. The summed E-state index contributed by atoms with van der Waals surface area (Å²) in [5, 5.41) is 9.79. The molecule has 0 fully saturated rings. The number of pyridine rings is 1. The number of benzene rings is 1. The van der Waals surface area contributed by atoms with Crippen molar-refractivity contribution in [1.29, 1.82) is 0 Å². The van der Waals surface area contributed by atoms with Crippen molar-refractivity contribution in [3.63, 3.8) is 0 Å². The Morgan fingerprint density at radius 1 is 1.08 bits per heavy atom. The molecule has 0 saturated carbocycles. The lowest BCUT2D eigenvalue weighted by atomic mass is 10.1. The van der Waals surface area contributed by atoms with Crippen LogP contribution in [0.15, 0.2) is 30.5 Å². The van der Waals surface area contributed by atoms with Crippen molar-refractivity contribution in [2.45, 2.75) is 0 Å². The van der Waals surface area contributed by atoms with Crippen LogP contribution in [0.5, 0.6) is 5.75 Å². The van der Waals surface area contributed by atoms with Gasteiger partial charge in [-0.3, -0.25) is 4.98 Å². The molecule has 0 atom stereocenters. The minimum absolute atomic E-state index is 0.210. The number of nitrogens with zero attached hydrogens (tertiary/aromatic N) is 2. The van der Waals surface area contributed by atoms with E-state index in [0.29, 0.717) is 49.7 Å². The van der Waals surface area contributed by atoms with E-state index in [0.717, 1.165) is 6.54 Å². The lowest BCUT2D eigenvalue weighted by Gasteiger charge is -2.10. The number of ether oxygens (including phenoxy) is 3. The maximum absolute atomic E-state index is 11.3. The highest BCUT2D eigenvalue weighted by Crippen LogP contribution is 2.22. The molecule has 0 spiro atoms. The summed E-state index contributed by atoms with van der Waals surface area (Å²) in [5.74, 6) is -0.393. The lowest BCUT2D eigenvalue weighted by Crippen LogP contribution is -2.19. The second-order valence-corrected chi connectivity index (χ2v) is 5.72. The van der Waals surface area contributed by atoms with Crippen molar-refractivity contribution in [2.24, 2.45) is 0 Å². The van der Waals surface area contributed by atoms with E-state index in [9.17, 15) is 9.90 Å². The molecule has 0 amide bonds. The van der Waals surface area contributed by atoms with Crippen LogP contribution in [0.25, 0.3) is 10.9 Å². The van der Waals surface area contributed by atoms with Crippen molar-refractivity contribution in [3.8, 4) is 5.75 Å². The highest BCUT2D eigenvalue weighted by atomic mass is 16.5. The third-order valence-corrected chi connectivity index (χ3v) is 3.49. The number of aromatic carboxylic acids is 1. The Morgan fingerprint density at radius 2 is 1.80 bits per heavy atom. The highest BCUT2D eigenvalue weighted by Gasteiger charge is 2.09. The molecule has 0 aliphatic carbocycles. The van der Waals surface area contributed by atoms with E-state index in [4.69, 9.17) is 14.2 Å². The Balaban J connectivity index is 1.73. The summed E-state index contributed by atoms with van der Waals surface area (Å²) < 4.78 is 16.5. The number of rotatable bonds is 11. The van der Waals surface area contributed by atoms with E-state index >= 15 is 0 Å². The van der Waals surface area contributed by atoms with Crippen LogP contribution in [0.1, 0.15) is 10.4 Å². The van der Waals surface area contributed by atoms with E-state index in [1.165, 1.54) is 12.3 Å². The van der Waals surface area contributed by atoms with Gasteiger partial charge in [-0.2, -0.15) is 0 Å². The number of likely N-dealkylation sites (N-methyl/N-ethyl adjacent to an activating group) is 1. The van der Waals surface area contributed by atoms with Crippen LogP contribution in [0.3, 0.4) is 0 Å². The highest BCUT2D eigenvalue weighted by molar-refractivity contribution is 6.02. The van der Waals surface area contributed by atoms with Gasteiger partial charge in [-0.15, -0.1) is 0 Å². The largest absolute Gasteiger partial charge is 0.491 e. The van der Waals surface area contributed by atoms with Crippen molar-refractivity contribution in [2.75, 3.05) is 53.7 Å². The minimum atomic E-state index is -0.984. The van der Waals surface area contributed by atoms with Crippen LogP contribution in [0.2, 0.25) is 0 Å². The number of aromatic nitrogens is 1. The van der Waals surface area contributed by atoms with Crippen molar-refractivity contribution in [1.82, 2.24) is 9.88 Å². The summed E-state index contributed by atoms with van der Waals surface area (Å²) in [6, 6.07) is 6.69. The zero-order valence-electron chi connectivity index (χ0n) is 14.6. The number of fused-ring (bicyclic) bond motifs is 1. The first kappa shape index (κ1) is 19.1. The lowest BCUT2D eigenvalue weighted by molar-refractivity contribution is 0.0325. The molecule has 7 nitrogen and oxygen atoms in total. The summed E-state index contributed by atoms with van der Waals surface area (Å²) in [7, 11) is 4.00. The first-order valence-corrected chi connectivity index (χ1v) is 8.13. The molecule has 0 unspecified atom stereocenters. The van der Waals surface area contributed by atoms with Gasteiger partial charge in [0.15, 0.2) is 0 Å². The van der Waals surface area contributed by atoms with Gasteiger partial charge in [0.1, 0.15) is 12.4 Å². The van der Waals surface area contributed by atoms with Crippen molar-refractivity contribution >= 4 is 16.9 Å². The first-order valence-electron chi connectivity index (χ1n) is 8.13. The summed E-state index contributed by atoms with van der Waals surface area (Å²) in [5.41, 5.74) is 0.833. The van der Waals surface area contributed by atoms with E-state index in [1.54, 1.807) is 18.2 Å². The zero-order valence-corrected chi connectivity index (χ0v) is 14.6. The standard InChI is InChI=1S/C18H24N2O5/c1-20(2)7-8-23-9-10-24-11-12-25-14-3-4-17-16(13-14)15(18(21)22)5-6-19-17/h3-6,13H,7-12H2,1-2H3,(H,21,22). The molecular formula is C18H24N2O5. The Hall–Kier alpha value is -2.22. The average Bonchev–Trinajstić information content (AvgIpc) is 2.59. The maximum Gasteiger partial charge on any atom is 0.336 e. The Bertz CT molecular complexity index is 690. The van der Waals surface area contributed by atoms with Gasteiger partial charge >= 0.3 is 5.97 Å². The second kappa shape index (κ2) is 9.93. The molecule has 7 heteroatoms. The quantitative estimate of drug-likeness (QED) is 0.621. The summed E-state index contributed by atoms with van der Waals surface area (Å²) in [6.07, 6.45) is 1.49. The third kappa shape index (κ3) is 6.30. The minimum Gasteiger partial charge on any atom is -0.491 e. The molecule has 0 radical (unpaired) electrons. The van der Waals surface area contributed by atoms with Gasteiger partial charge in [0.05, 0.1) is 37.5 Å². The molecule has 0 saturated heterocycles. The first-order chi connectivity index (χ1) is 12.1. The third-order valence-electron chi connectivity index (χ3n) is 3.49. The van der Waals surface area contributed by atoms with Crippen molar-refractivity contribution < 1.29 is 24.1 Å². The number of carboxylic acids is 1. The second-order valence-electron chi connectivity index (χ2n) is 5.72. The number of carbonyl (C=O) groups is 1. The molecule has 136 valence electrons. The maximum atomic E-state index is 11.3. The Kier molecular flexibility index (Phi) is 7.59. The van der Waals surface area contributed by atoms with Crippen LogP contribution < -0.4 is 4.74 Å². The zero-order chi connectivity index (χ0) is 18.1. The van der Waals surface area contributed by atoms with Crippen LogP contribution in [0, 0.1) is 0 Å². The van der Waals surface area contributed by atoms with Gasteiger partial charge in [-0.25, -0.2) is 4.79 Å². The Labute approximate surface area is 147 Å². The van der Waals surface area contributed by atoms with E-state index in [1.807, 2.05) is 14.1 Å². The molecule has 0 aliphatic heterocycles. The Morgan fingerprint density at radius 3 is 2.52 bits per heavy atom. The average molecular weight is 348 g/mol. The predicted molar refractivity (Wildman–Crippen MR) is 94.4 cm³/mol. The number of hydrogen-bond acceptors (Lipinski definition) is 6. The van der Waals surface area contributed by atoms with Gasteiger partial charge in [0, 0.05) is 18.1 Å². The molecule has 1 aromatic carbocycles. The smallest absolute Gasteiger partial charge is 0.336 e. The van der Waals surface area contributed by atoms with Gasteiger partial charge in [-0.1, -0.05) is 0 Å². The molecule has 1 N–H and O–H groups in total. The van der Waals surface area contributed by atoms with Crippen LogP contribution in [0.4, 0.5) is 0 Å². The topological polar surface area (TPSA) is 81.1 Å². The molecule has 1 heterocycles. The predicted octanol–water partition coefficient (Wildman–Crippen LogP) is 1.91.